The predicted molar refractivity (Wildman–Crippen MR) is 80.7 cm³/mol. The lowest BCUT2D eigenvalue weighted by atomic mass is 10.1. The lowest BCUT2D eigenvalue weighted by molar-refractivity contribution is -0.138. The van der Waals surface area contributed by atoms with Crippen LogP contribution in [0.5, 0.6) is 11.5 Å². The van der Waals surface area contributed by atoms with E-state index < -0.39 is 12.0 Å². The van der Waals surface area contributed by atoms with Crippen molar-refractivity contribution in [3.05, 3.63) is 23.8 Å². The molecule has 1 aromatic rings. The van der Waals surface area contributed by atoms with E-state index in [1.807, 2.05) is 0 Å². The molecule has 22 heavy (non-hydrogen) atoms. The number of hydrogen-bond donors (Lipinski definition) is 4. The number of nitrogens with one attached hydrogen (secondary N) is 2. The zero-order valence-corrected chi connectivity index (χ0v) is 11.9. The molecule has 0 fully saturated rings. The predicted octanol–water partition coefficient (Wildman–Crippen LogP) is 0.551. The van der Waals surface area contributed by atoms with Crippen LogP contribution in [0.25, 0.3) is 0 Å². The van der Waals surface area contributed by atoms with Crippen LogP contribution in [-0.4, -0.2) is 42.6 Å². The van der Waals surface area contributed by atoms with Gasteiger partial charge in [0.15, 0.2) is 18.9 Å². The summed E-state index contributed by atoms with van der Waals surface area (Å²) < 4.78 is 17.1. The molecule has 2 rings (SSSR count). The molecule has 0 aliphatic carbocycles. The Morgan fingerprint density at radius 3 is 3.18 bits per heavy atom. The summed E-state index contributed by atoms with van der Waals surface area (Å²) in [6.45, 7) is 0.614. The highest BCUT2D eigenvalue weighted by Crippen LogP contribution is 2.32. The largest absolute Gasteiger partial charge is 0.480 e. The molecule has 0 spiro atoms. The maximum Gasteiger partial charge on any atom is 0.328 e. The molecule has 8 heteroatoms. The highest BCUT2D eigenvalue weighted by atomic mass is 16.7. The molecule has 0 unspecified atom stereocenters. The Morgan fingerprint density at radius 1 is 1.59 bits per heavy atom. The summed E-state index contributed by atoms with van der Waals surface area (Å²) in [5, 5.41) is 14.9. The minimum absolute atomic E-state index is 0.000682. The molecule has 118 valence electrons. The fourth-order valence-electron chi connectivity index (χ4n) is 1.94. The van der Waals surface area contributed by atoms with Crippen LogP contribution in [0.2, 0.25) is 1.41 Å². The molecular formula is C14H18N4O4. The first kappa shape index (κ1) is 14.2. The molecule has 1 aliphatic heterocycles. The summed E-state index contributed by atoms with van der Waals surface area (Å²) in [4.78, 5) is 15.3. The van der Waals surface area contributed by atoms with Crippen molar-refractivity contribution in [3.63, 3.8) is 0 Å². The van der Waals surface area contributed by atoms with Gasteiger partial charge in [0.2, 0.25) is 6.79 Å². The topological polar surface area (TPSA) is 130 Å². The van der Waals surface area contributed by atoms with Crippen LogP contribution in [0.4, 0.5) is 0 Å². The number of hydrogen-bond acceptors (Lipinski definition) is 5. The van der Waals surface area contributed by atoms with Crippen LogP contribution >= 0.6 is 0 Å². The molecule has 1 heterocycles. The van der Waals surface area contributed by atoms with Gasteiger partial charge >= 0.3 is 5.97 Å². The first-order chi connectivity index (χ1) is 11.1. The molecular weight excluding hydrogens is 288 g/mol. The van der Waals surface area contributed by atoms with Crippen molar-refractivity contribution in [3.8, 4) is 11.5 Å². The van der Waals surface area contributed by atoms with Crippen LogP contribution < -0.4 is 20.5 Å². The van der Waals surface area contributed by atoms with Gasteiger partial charge in [-0.2, -0.15) is 0 Å². The Kier molecular flexibility index (Phi) is 4.70. The van der Waals surface area contributed by atoms with Gasteiger partial charge in [-0.15, -0.1) is 0 Å². The number of aliphatic carboxylic acids is 1. The van der Waals surface area contributed by atoms with Gasteiger partial charge in [0.05, 0.1) is 0 Å². The summed E-state index contributed by atoms with van der Waals surface area (Å²) in [7, 11) is 0. The molecule has 0 saturated carbocycles. The van der Waals surface area contributed by atoms with E-state index in [1.165, 1.54) is 6.21 Å². The molecule has 5 N–H and O–H groups in total. The molecule has 8 nitrogen and oxygen atoms in total. The van der Waals surface area contributed by atoms with Crippen LogP contribution in [-0.2, 0) is 4.79 Å². The number of rotatable bonds is 7. The van der Waals surface area contributed by atoms with E-state index in [2.05, 4.69) is 15.7 Å². The van der Waals surface area contributed by atoms with Crippen LogP contribution in [0.1, 0.15) is 18.4 Å². The van der Waals surface area contributed by atoms with Crippen molar-refractivity contribution in [2.24, 2.45) is 10.7 Å². The van der Waals surface area contributed by atoms with E-state index in [9.17, 15) is 9.90 Å². The van der Waals surface area contributed by atoms with Gasteiger partial charge in [-0.05, 0) is 36.6 Å². The smallest absolute Gasteiger partial charge is 0.328 e. The zero-order chi connectivity index (χ0) is 16.7. The Morgan fingerprint density at radius 2 is 2.41 bits per heavy atom. The number of carboxylic acids is 1. The Balaban J connectivity index is 1.89. The second-order valence-corrected chi connectivity index (χ2v) is 4.70. The molecule has 1 aromatic carbocycles. The van der Waals surface area contributed by atoms with Gasteiger partial charge in [-0.25, -0.2) is 4.79 Å². The number of guanidine groups is 1. The van der Waals surface area contributed by atoms with E-state index in [-0.39, 0.29) is 12.8 Å². The molecule has 0 radical (unpaired) electrons. The molecule has 0 aromatic heterocycles. The second kappa shape index (κ2) is 7.30. The third-order valence-electron chi connectivity index (χ3n) is 3.05. The van der Waals surface area contributed by atoms with E-state index in [4.69, 9.17) is 16.6 Å². The van der Waals surface area contributed by atoms with E-state index in [1.54, 1.807) is 18.2 Å². The van der Waals surface area contributed by atoms with Crippen molar-refractivity contribution in [1.29, 1.82) is 5.40 Å². The summed E-state index contributed by atoms with van der Waals surface area (Å²) >= 11 is 0. The van der Waals surface area contributed by atoms with Crippen molar-refractivity contribution in [1.82, 2.24) is 5.32 Å². The van der Waals surface area contributed by atoms with Crippen LogP contribution in [0.3, 0.4) is 0 Å². The van der Waals surface area contributed by atoms with Crippen molar-refractivity contribution < 1.29 is 20.8 Å². The quantitative estimate of drug-likeness (QED) is 0.331. The lowest BCUT2D eigenvalue weighted by Gasteiger charge is -2.08. The van der Waals surface area contributed by atoms with Gasteiger partial charge in [0, 0.05) is 12.8 Å². The Bertz CT molecular complexity index is 621. The number of nitrogens with zero attached hydrogens (tertiary/aromatic N) is 1. The first-order valence-electron chi connectivity index (χ1n) is 7.22. The normalized spacial score (nSPS) is 15.6. The minimum atomic E-state index is -0.996. The minimum Gasteiger partial charge on any atom is -0.480 e. The first-order valence-corrected chi connectivity index (χ1v) is 6.77. The standard InChI is InChI=1S/C14H18N4O4/c15-14(16)17-5-1-2-10(13(19)20)18-7-9-3-4-11-12(6-9)22-8-21-11/h3-4,6-7,10H,1-2,5,8H2,(H,19,20)(H4,15,16,17)/t10-/m0/s1. The molecule has 1 aliphatic rings. The number of benzene rings is 1. The maximum absolute atomic E-state index is 11.2. The van der Waals surface area contributed by atoms with E-state index in [0.717, 1.165) is 5.56 Å². The fraction of sp³-hybridized carbons (Fsp3) is 0.357. The van der Waals surface area contributed by atoms with Crippen LogP contribution in [0, 0.1) is 5.40 Å². The van der Waals surface area contributed by atoms with Crippen LogP contribution in [0.15, 0.2) is 23.2 Å². The van der Waals surface area contributed by atoms with Gasteiger partial charge in [-0.3, -0.25) is 10.4 Å². The van der Waals surface area contributed by atoms with Gasteiger partial charge in [0.1, 0.15) is 6.04 Å². The fourth-order valence-corrected chi connectivity index (χ4v) is 1.94. The number of carboxylic acid groups (broad SMARTS) is 1. The number of nitrogens with two attached hydrogens (primary N) is 1. The number of aliphatic imine (C=N–C) groups is 1. The van der Waals surface area contributed by atoms with Crippen molar-refractivity contribution in [2.45, 2.75) is 18.9 Å². The summed E-state index contributed by atoms with van der Waals surface area (Å²) in [6, 6.07) is 4.43. The third kappa shape index (κ3) is 4.37. The Labute approximate surface area is 128 Å². The third-order valence-corrected chi connectivity index (χ3v) is 3.05. The van der Waals surface area contributed by atoms with Gasteiger partial charge < -0.3 is 25.6 Å². The van der Waals surface area contributed by atoms with E-state index in [0.29, 0.717) is 30.9 Å². The average Bonchev–Trinajstić information content (AvgIpc) is 3.01. The van der Waals surface area contributed by atoms with Gasteiger partial charge in [-0.1, -0.05) is 0 Å². The summed E-state index contributed by atoms with van der Waals surface area (Å²) in [5.41, 5.74) is 6.05. The molecule has 0 bridgehead atoms. The number of fused-ring (bicyclic) bond motifs is 1. The number of carbonyl (C=O) groups is 1. The average molecular weight is 306 g/mol. The highest BCUT2D eigenvalue weighted by Gasteiger charge is 2.16. The monoisotopic (exact) mass is 306 g/mol. The highest BCUT2D eigenvalue weighted by molar-refractivity contribution is 5.84. The summed E-state index contributed by atoms with van der Waals surface area (Å²) in [6.07, 6.45) is 2.38. The molecule has 0 saturated heterocycles. The Hall–Kier alpha value is -2.77. The van der Waals surface area contributed by atoms with Gasteiger partial charge in [0.25, 0.3) is 0 Å². The maximum atomic E-state index is 11.2. The summed E-state index contributed by atoms with van der Waals surface area (Å²) in [5.74, 6) is 0.289. The molecule has 0 amide bonds. The second-order valence-electron chi connectivity index (χ2n) is 4.70. The molecule has 1 atom stereocenters. The number of ether oxygens (including phenoxy) is 2. The van der Waals surface area contributed by atoms with E-state index >= 15 is 0 Å². The zero-order valence-electron chi connectivity index (χ0n) is 12.9. The van der Waals surface area contributed by atoms with Crippen molar-refractivity contribution in [2.75, 3.05) is 13.3 Å². The van der Waals surface area contributed by atoms with Crippen molar-refractivity contribution >= 4 is 18.1 Å². The lowest BCUT2D eigenvalue weighted by Crippen LogP contribution is -2.31. The SMILES string of the molecule is [H]/N=C(\N)NCCC[C@H](N=Cc1ccc2c(c1)OCO2)C(=O)O.